The molecular formula is C17H18N6OS. The van der Waals surface area contributed by atoms with E-state index in [4.69, 9.17) is 0 Å². The largest absolute Gasteiger partial charge is 0.347 e. The summed E-state index contributed by atoms with van der Waals surface area (Å²) < 4.78 is 0. The molecule has 1 saturated heterocycles. The number of H-pyrrole nitrogens is 1. The summed E-state index contributed by atoms with van der Waals surface area (Å²) in [6.07, 6.45) is 7.37. The van der Waals surface area contributed by atoms with Crippen LogP contribution in [0.2, 0.25) is 0 Å². The first kappa shape index (κ1) is 15.9. The van der Waals surface area contributed by atoms with Gasteiger partial charge in [-0.3, -0.25) is 15.0 Å². The topological polar surface area (TPSA) is 86.8 Å². The highest BCUT2D eigenvalue weighted by atomic mass is 32.1. The Bertz CT molecular complexity index is 833. The average molecular weight is 354 g/mol. The SMILES string of the molecule is O=C(Nc1nccs1)c1cccc([C@@H]2CCCN2Cc2cnc[nH]2)n1. The molecule has 1 atom stereocenters. The summed E-state index contributed by atoms with van der Waals surface area (Å²) in [5, 5.41) is 5.19. The number of hydrogen-bond donors (Lipinski definition) is 2. The van der Waals surface area contributed by atoms with Crippen LogP contribution in [0.25, 0.3) is 0 Å². The number of aromatic nitrogens is 4. The van der Waals surface area contributed by atoms with E-state index in [1.165, 1.54) is 11.3 Å². The number of nitrogens with one attached hydrogen (secondary N) is 2. The van der Waals surface area contributed by atoms with Gasteiger partial charge in [0.05, 0.1) is 18.1 Å². The van der Waals surface area contributed by atoms with Gasteiger partial charge in [-0.05, 0) is 31.5 Å². The molecule has 1 aliphatic heterocycles. The molecule has 0 radical (unpaired) electrons. The molecular weight excluding hydrogens is 336 g/mol. The van der Waals surface area contributed by atoms with Gasteiger partial charge in [0.2, 0.25) is 0 Å². The molecule has 4 rings (SSSR count). The average Bonchev–Trinajstić information content (AvgIpc) is 3.38. The van der Waals surface area contributed by atoms with Crippen molar-refractivity contribution in [3.05, 3.63) is 59.4 Å². The van der Waals surface area contributed by atoms with E-state index in [0.717, 1.165) is 37.3 Å². The van der Waals surface area contributed by atoms with E-state index >= 15 is 0 Å². The van der Waals surface area contributed by atoms with E-state index in [9.17, 15) is 4.79 Å². The fourth-order valence-corrected chi connectivity index (χ4v) is 3.67. The molecule has 0 bridgehead atoms. The Morgan fingerprint density at radius 2 is 2.40 bits per heavy atom. The minimum absolute atomic E-state index is 0.218. The summed E-state index contributed by atoms with van der Waals surface area (Å²) >= 11 is 1.39. The van der Waals surface area contributed by atoms with Crippen LogP contribution in [0, 0.1) is 0 Å². The minimum atomic E-state index is -0.227. The Morgan fingerprint density at radius 1 is 1.44 bits per heavy atom. The fourth-order valence-electron chi connectivity index (χ4n) is 3.15. The zero-order valence-electron chi connectivity index (χ0n) is 13.6. The van der Waals surface area contributed by atoms with Gasteiger partial charge < -0.3 is 4.98 Å². The van der Waals surface area contributed by atoms with E-state index in [-0.39, 0.29) is 11.9 Å². The van der Waals surface area contributed by atoms with Gasteiger partial charge in [-0.25, -0.2) is 15.0 Å². The highest BCUT2D eigenvalue weighted by Crippen LogP contribution is 2.32. The molecule has 0 aromatic carbocycles. The third-order valence-electron chi connectivity index (χ3n) is 4.29. The van der Waals surface area contributed by atoms with Crippen molar-refractivity contribution in [2.45, 2.75) is 25.4 Å². The second-order valence-electron chi connectivity index (χ2n) is 5.94. The minimum Gasteiger partial charge on any atom is -0.347 e. The summed E-state index contributed by atoms with van der Waals surface area (Å²) in [6, 6.07) is 5.85. The number of imidazole rings is 1. The van der Waals surface area contributed by atoms with E-state index < -0.39 is 0 Å². The van der Waals surface area contributed by atoms with Gasteiger partial charge in [0.25, 0.3) is 5.91 Å². The first-order valence-electron chi connectivity index (χ1n) is 8.19. The lowest BCUT2D eigenvalue weighted by molar-refractivity contribution is 0.102. The summed E-state index contributed by atoms with van der Waals surface area (Å²) in [4.78, 5) is 30.7. The monoisotopic (exact) mass is 354 g/mol. The third kappa shape index (κ3) is 3.59. The summed E-state index contributed by atoms with van der Waals surface area (Å²) in [6.45, 7) is 1.82. The number of nitrogens with zero attached hydrogens (tertiary/aromatic N) is 4. The zero-order chi connectivity index (χ0) is 17.1. The maximum absolute atomic E-state index is 12.4. The second-order valence-corrected chi connectivity index (χ2v) is 6.84. The van der Waals surface area contributed by atoms with Crippen LogP contribution in [0.4, 0.5) is 5.13 Å². The van der Waals surface area contributed by atoms with E-state index in [0.29, 0.717) is 10.8 Å². The summed E-state index contributed by atoms with van der Waals surface area (Å²) in [5.74, 6) is -0.227. The normalized spacial score (nSPS) is 17.7. The van der Waals surface area contributed by atoms with Gasteiger partial charge in [-0.15, -0.1) is 11.3 Å². The standard InChI is InChI=1S/C17H18N6OS/c24-16(22-17-19-6-8-25-17)14-4-1-3-13(21-14)15-5-2-7-23(15)10-12-9-18-11-20-12/h1,3-4,6,8-9,11,15H,2,5,7,10H2,(H,18,20)(H,19,22,24)/t15-/m0/s1. The second kappa shape index (κ2) is 7.12. The predicted octanol–water partition coefficient (Wildman–Crippen LogP) is 2.85. The number of carbonyl (C=O) groups is 1. The Kier molecular flexibility index (Phi) is 4.53. The van der Waals surface area contributed by atoms with Crippen LogP contribution in [-0.4, -0.2) is 37.3 Å². The van der Waals surface area contributed by atoms with Gasteiger partial charge in [-0.2, -0.15) is 0 Å². The third-order valence-corrected chi connectivity index (χ3v) is 4.98. The molecule has 0 saturated carbocycles. The van der Waals surface area contributed by atoms with Crippen molar-refractivity contribution in [2.24, 2.45) is 0 Å². The van der Waals surface area contributed by atoms with Crippen molar-refractivity contribution >= 4 is 22.4 Å². The quantitative estimate of drug-likeness (QED) is 0.736. The van der Waals surface area contributed by atoms with E-state index in [1.54, 1.807) is 18.6 Å². The van der Waals surface area contributed by atoms with Crippen molar-refractivity contribution in [3.8, 4) is 0 Å². The number of hydrogen-bond acceptors (Lipinski definition) is 6. The number of amides is 1. The maximum atomic E-state index is 12.4. The predicted molar refractivity (Wildman–Crippen MR) is 95.3 cm³/mol. The van der Waals surface area contributed by atoms with Gasteiger partial charge in [-0.1, -0.05) is 6.07 Å². The van der Waals surface area contributed by atoms with Crippen molar-refractivity contribution in [1.82, 2.24) is 24.8 Å². The number of carbonyl (C=O) groups excluding carboxylic acids is 1. The number of thiazole rings is 1. The highest BCUT2D eigenvalue weighted by molar-refractivity contribution is 7.13. The highest BCUT2D eigenvalue weighted by Gasteiger charge is 2.28. The van der Waals surface area contributed by atoms with Gasteiger partial charge >= 0.3 is 0 Å². The van der Waals surface area contributed by atoms with E-state index in [1.807, 2.05) is 23.7 Å². The lowest BCUT2D eigenvalue weighted by Gasteiger charge is -2.23. The van der Waals surface area contributed by atoms with E-state index in [2.05, 4.69) is 30.2 Å². The smallest absolute Gasteiger partial charge is 0.276 e. The fraction of sp³-hybridized carbons (Fsp3) is 0.294. The number of anilines is 1. The molecule has 128 valence electrons. The molecule has 4 heterocycles. The molecule has 7 nitrogen and oxygen atoms in total. The van der Waals surface area contributed by atoms with Crippen LogP contribution >= 0.6 is 11.3 Å². The van der Waals surface area contributed by atoms with Crippen LogP contribution in [-0.2, 0) is 6.54 Å². The Balaban J connectivity index is 1.51. The molecule has 1 aliphatic rings. The van der Waals surface area contributed by atoms with Gasteiger partial charge in [0.1, 0.15) is 5.69 Å². The van der Waals surface area contributed by atoms with Crippen LogP contribution < -0.4 is 5.32 Å². The molecule has 2 N–H and O–H groups in total. The molecule has 0 aliphatic carbocycles. The van der Waals surface area contributed by atoms with Crippen molar-refractivity contribution in [3.63, 3.8) is 0 Å². The van der Waals surface area contributed by atoms with Crippen LogP contribution in [0.5, 0.6) is 0 Å². The van der Waals surface area contributed by atoms with Crippen LogP contribution in [0.1, 0.15) is 40.8 Å². The van der Waals surface area contributed by atoms with Crippen molar-refractivity contribution < 1.29 is 4.79 Å². The molecule has 0 unspecified atom stereocenters. The molecule has 8 heteroatoms. The molecule has 0 spiro atoms. The summed E-state index contributed by atoms with van der Waals surface area (Å²) in [5.41, 5.74) is 2.44. The van der Waals surface area contributed by atoms with Crippen molar-refractivity contribution in [1.29, 1.82) is 0 Å². The zero-order valence-corrected chi connectivity index (χ0v) is 14.4. The number of likely N-dealkylation sites (tertiary alicyclic amines) is 1. The first-order valence-corrected chi connectivity index (χ1v) is 9.06. The summed E-state index contributed by atoms with van der Waals surface area (Å²) in [7, 11) is 0. The number of aromatic amines is 1. The van der Waals surface area contributed by atoms with Gasteiger partial charge in [0, 0.05) is 30.0 Å². The Hall–Kier alpha value is -2.58. The maximum Gasteiger partial charge on any atom is 0.276 e. The lowest BCUT2D eigenvalue weighted by atomic mass is 10.1. The molecule has 3 aromatic heterocycles. The number of rotatable bonds is 5. The first-order chi connectivity index (χ1) is 12.3. The van der Waals surface area contributed by atoms with Gasteiger partial charge in [0.15, 0.2) is 5.13 Å². The molecule has 1 fully saturated rings. The Morgan fingerprint density at radius 3 is 3.20 bits per heavy atom. The molecule has 1 amide bonds. The molecule has 3 aromatic rings. The Labute approximate surface area is 149 Å². The van der Waals surface area contributed by atoms with Crippen LogP contribution in [0.15, 0.2) is 42.3 Å². The van der Waals surface area contributed by atoms with Crippen molar-refractivity contribution in [2.75, 3.05) is 11.9 Å². The number of pyridine rings is 1. The molecule has 25 heavy (non-hydrogen) atoms. The van der Waals surface area contributed by atoms with Crippen LogP contribution in [0.3, 0.4) is 0 Å². The lowest BCUT2D eigenvalue weighted by Crippen LogP contribution is -2.24.